The first kappa shape index (κ1) is 23.9. The Morgan fingerprint density at radius 2 is 1.90 bits per heavy atom. The molecule has 2 aromatic rings. The zero-order valence-electron chi connectivity index (χ0n) is 17.4. The molecule has 0 aliphatic rings. The van der Waals surface area contributed by atoms with Crippen LogP contribution in [0.1, 0.15) is 30.9 Å². The van der Waals surface area contributed by atoms with Crippen molar-refractivity contribution >= 4 is 41.2 Å². The number of halogens is 1. The van der Waals surface area contributed by atoms with Crippen molar-refractivity contribution in [3.8, 4) is 5.75 Å². The van der Waals surface area contributed by atoms with Crippen LogP contribution in [-0.2, 0) is 14.4 Å². The van der Waals surface area contributed by atoms with Crippen LogP contribution in [0.4, 0.5) is 5.69 Å². The zero-order chi connectivity index (χ0) is 22.6. The maximum Gasteiger partial charge on any atom is 0.329 e. The van der Waals surface area contributed by atoms with E-state index in [-0.39, 0.29) is 12.5 Å². The number of carbonyl (C=O) groups excluding carboxylic acids is 3. The molecule has 8 nitrogen and oxygen atoms in total. The summed E-state index contributed by atoms with van der Waals surface area (Å²) in [5.74, 6) is -1.56. The second kappa shape index (κ2) is 12.3. The molecule has 164 valence electrons. The van der Waals surface area contributed by atoms with E-state index >= 15 is 0 Å². The van der Waals surface area contributed by atoms with Gasteiger partial charge in [-0.25, -0.2) is 5.43 Å². The zero-order valence-corrected chi connectivity index (χ0v) is 18.2. The van der Waals surface area contributed by atoms with Gasteiger partial charge in [-0.1, -0.05) is 43.1 Å². The number of rotatable bonds is 9. The summed E-state index contributed by atoms with van der Waals surface area (Å²) in [6, 6.07) is 12.1. The van der Waals surface area contributed by atoms with Crippen LogP contribution in [-0.4, -0.2) is 37.1 Å². The molecule has 0 fully saturated rings. The van der Waals surface area contributed by atoms with Gasteiger partial charge in [-0.3, -0.25) is 14.4 Å². The number of benzene rings is 2. The number of hydrogen-bond acceptors (Lipinski definition) is 5. The van der Waals surface area contributed by atoms with Crippen LogP contribution in [0.3, 0.4) is 0 Å². The number of anilines is 1. The van der Waals surface area contributed by atoms with Gasteiger partial charge in [0.2, 0.25) is 0 Å². The molecule has 0 heterocycles. The maximum atomic E-state index is 12.2. The minimum Gasteiger partial charge on any atom is -0.483 e. The highest BCUT2D eigenvalue weighted by Gasteiger charge is 2.12. The van der Waals surface area contributed by atoms with Gasteiger partial charge in [-0.05, 0) is 43.2 Å². The SMILES string of the molecule is CCCCNC(=O)C(=O)N/N=C\c1ccccc1OCC(=O)Nc1cc(Cl)ccc1C. The van der Waals surface area contributed by atoms with E-state index in [0.29, 0.717) is 28.6 Å². The van der Waals surface area contributed by atoms with Crippen LogP contribution in [0.5, 0.6) is 5.75 Å². The lowest BCUT2D eigenvalue weighted by Gasteiger charge is -2.11. The lowest BCUT2D eigenvalue weighted by atomic mass is 10.2. The van der Waals surface area contributed by atoms with Gasteiger partial charge in [0.15, 0.2) is 6.61 Å². The van der Waals surface area contributed by atoms with Gasteiger partial charge >= 0.3 is 11.8 Å². The molecule has 31 heavy (non-hydrogen) atoms. The Hall–Kier alpha value is -3.39. The summed E-state index contributed by atoms with van der Waals surface area (Å²) in [6.45, 7) is 4.04. The molecular weight excluding hydrogens is 420 g/mol. The summed E-state index contributed by atoms with van der Waals surface area (Å²) < 4.78 is 5.58. The summed E-state index contributed by atoms with van der Waals surface area (Å²) in [5, 5.41) is 9.56. The first-order valence-electron chi connectivity index (χ1n) is 9.79. The van der Waals surface area contributed by atoms with E-state index in [1.165, 1.54) is 6.21 Å². The fraction of sp³-hybridized carbons (Fsp3) is 0.273. The number of unbranched alkanes of at least 4 members (excludes halogenated alkanes) is 1. The fourth-order valence-corrected chi connectivity index (χ4v) is 2.62. The average Bonchev–Trinajstić information content (AvgIpc) is 2.75. The van der Waals surface area contributed by atoms with Crippen LogP contribution >= 0.6 is 11.6 Å². The summed E-state index contributed by atoms with van der Waals surface area (Å²) in [6.07, 6.45) is 3.04. The Kier molecular flexibility index (Phi) is 9.51. The molecular formula is C22H25ClN4O4. The molecule has 3 amide bonds. The van der Waals surface area contributed by atoms with E-state index in [9.17, 15) is 14.4 Å². The summed E-state index contributed by atoms with van der Waals surface area (Å²) >= 11 is 5.96. The molecule has 0 bridgehead atoms. The third-order valence-electron chi connectivity index (χ3n) is 4.14. The Morgan fingerprint density at radius 3 is 2.68 bits per heavy atom. The molecule has 0 aromatic heterocycles. The first-order valence-corrected chi connectivity index (χ1v) is 10.2. The number of ether oxygens (including phenoxy) is 1. The van der Waals surface area contributed by atoms with Gasteiger partial charge in [0.25, 0.3) is 5.91 Å². The van der Waals surface area contributed by atoms with E-state index in [2.05, 4.69) is 21.2 Å². The van der Waals surface area contributed by atoms with Crippen molar-refractivity contribution < 1.29 is 19.1 Å². The molecule has 2 rings (SSSR count). The maximum absolute atomic E-state index is 12.2. The quantitative estimate of drug-likeness (QED) is 0.239. The van der Waals surface area contributed by atoms with Crippen LogP contribution in [0, 0.1) is 6.92 Å². The monoisotopic (exact) mass is 444 g/mol. The highest BCUT2D eigenvalue weighted by molar-refractivity contribution is 6.35. The van der Waals surface area contributed by atoms with E-state index in [1.807, 2.05) is 19.9 Å². The lowest BCUT2D eigenvalue weighted by molar-refractivity contribution is -0.139. The number of carbonyl (C=O) groups is 3. The smallest absolute Gasteiger partial charge is 0.329 e. The predicted molar refractivity (Wildman–Crippen MR) is 120 cm³/mol. The molecule has 2 aromatic carbocycles. The second-order valence-electron chi connectivity index (χ2n) is 6.64. The van der Waals surface area contributed by atoms with E-state index in [4.69, 9.17) is 16.3 Å². The standard InChI is InChI=1S/C22H25ClN4O4/c1-3-4-11-24-21(29)22(30)27-25-13-16-7-5-6-8-19(16)31-14-20(28)26-18-12-17(23)10-9-15(18)2/h5-10,12-13H,3-4,11,14H2,1-2H3,(H,24,29)(H,26,28)(H,27,30)/b25-13-. The largest absolute Gasteiger partial charge is 0.483 e. The molecule has 0 saturated heterocycles. The minimum atomic E-state index is -0.859. The van der Waals surface area contributed by atoms with Crippen molar-refractivity contribution in [2.45, 2.75) is 26.7 Å². The van der Waals surface area contributed by atoms with Crippen molar-refractivity contribution in [1.82, 2.24) is 10.7 Å². The molecule has 9 heteroatoms. The van der Waals surface area contributed by atoms with Crippen molar-refractivity contribution in [3.63, 3.8) is 0 Å². The number of nitrogens with zero attached hydrogens (tertiary/aromatic N) is 1. The van der Waals surface area contributed by atoms with Gasteiger partial charge in [0, 0.05) is 22.8 Å². The minimum absolute atomic E-state index is 0.233. The van der Waals surface area contributed by atoms with Gasteiger partial charge < -0.3 is 15.4 Å². The molecule has 0 radical (unpaired) electrons. The van der Waals surface area contributed by atoms with Crippen molar-refractivity contribution in [2.24, 2.45) is 5.10 Å². The third kappa shape index (κ3) is 8.10. The Labute approximate surface area is 186 Å². The average molecular weight is 445 g/mol. The Morgan fingerprint density at radius 1 is 1.13 bits per heavy atom. The van der Waals surface area contributed by atoms with E-state index in [1.54, 1.807) is 36.4 Å². The van der Waals surface area contributed by atoms with Gasteiger partial charge in [0.1, 0.15) is 5.75 Å². The molecule has 0 aliphatic heterocycles. The molecule has 0 atom stereocenters. The summed E-state index contributed by atoms with van der Waals surface area (Å²) in [5.41, 5.74) is 4.18. The number of hydrogen-bond donors (Lipinski definition) is 3. The first-order chi connectivity index (χ1) is 14.9. The number of para-hydroxylation sites is 1. The summed E-state index contributed by atoms with van der Waals surface area (Å²) in [7, 11) is 0. The predicted octanol–water partition coefficient (Wildman–Crippen LogP) is 3.03. The number of hydrazone groups is 1. The van der Waals surface area contributed by atoms with E-state index < -0.39 is 11.8 Å². The molecule has 0 saturated carbocycles. The van der Waals surface area contributed by atoms with Gasteiger partial charge in [-0.15, -0.1) is 0 Å². The molecule has 0 unspecified atom stereocenters. The molecule has 0 aliphatic carbocycles. The van der Waals surface area contributed by atoms with E-state index in [0.717, 1.165) is 18.4 Å². The lowest BCUT2D eigenvalue weighted by Crippen LogP contribution is -2.38. The van der Waals surface area contributed by atoms with Gasteiger partial charge in [0.05, 0.1) is 6.21 Å². The number of nitrogens with one attached hydrogen (secondary N) is 3. The van der Waals surface area contributed by atoms with Crippen LogP contribution < -0.4 is 20.8 Å². The van der Waals surface area contributed by atoms with Crippen LogP contribution in [0.2, 0.25) is 5.02 Å². The highest BCUT2D eigenvalue weighted by atomic mass is 35.5. The fourth-order valence-electron chi connectivity index (χ4n) is 2.45. The van der Waals surface area contributed by atoms with Crippen molar-refractivity contribution in [3.05, 3.63) is 58.6 Å². The number of amides is 3. The number of aryl methyl sites for hydroxylation is 1. The Bertz CT molecular complexity index is 962. The van der Waals surface area contributed by atoms with Crippen LogP contribution in [0.25, 0.3) is 0 Å². The summed E-state index contributed by atoms with van der Waals surface area (Å²) in [4.78, 5) is 35.6. The third-order valence-corrected chi connectivity index (χ3v) is 4.38. The molecule has 3 N–H and O–H groups in total. The van der Waals surface area contributed by atoms with Crippen LogP contribution in [0.15, 0.2) is 47.6 Å². The second-order valence-corrected chi connectivity index (χ2v) is 7.08. The topological polar surface area (TPSA) is 109 Å². The molecule has 0 spiro atoms. The van der Waals surface area contributed by atoms with Crippen molar-refractivity contribution in [2.75, 3.05) is 18.5 Å². The Balaban J connectivity index is 1.90. The van der Waals surface area contributed by atoms with Gasteiger partial charge in [-0.2, -0.15) is 5.10 Å². The normalized spacial score (nSPS) is 10.5. The van der Waals surface area contributed by atoms with Crippen molar-refractivity contribution in [1.29, 1.82) is 0 Å². The highest BCUT2D eigenvalue weighted by Crippen LogP contribution is 2.20.